The predicted octanol–water partition coefficient (Wildman–Crippen LogP) is 4.79. The molecule has 1 aliphatic carbocycles. The van der Waals surface area contributed by atoms with E-state index in [0.29, 0.717) is 13.0 Å². The topological polar surface area (TPSA) is 108 Å². The highest BCUT2D eigenvalue weighted by atomic mass is 16.5. The Labute approximate surface area is 235 Å². The van der Waals surface area contributed by atoms with E-state index in [0.717, 1.165) is 27.8 Å². The Hall–Kier alpha value is -4.17. The SMILES string of the molecule is CCCC(C)(NC(=O)C(CN(C)Cc1ccccc1)NC(=O)OCC1c2ccccc2-c2ccccc21)C(=O)O. The van der Waals surface area contributed by atoms with Crippen LogP contribution in [0.15, 0.2) is 78.9 Å². The van der Waals surface area contributed by atoms with E-state index < -0.39 is 29.6 Å². The molecule has 4 rings (SSSR count). The van der Waals surface area contributed by atoms with Gasteiger partial charge in [-0.25, -0.2) is 9.59 Å². The van der Waals surface area contributed by atoms with Gasteiger partial charge in [-0.3, -0.25) is 9.69 Å². The largest absolute Gasteiger partial charge is 0.480 e. The van der Waals surface area contributed by atoms with Gasteiger partial charge in [0, 0.05) is 19.0 Å². The third kappa shape index (κ3) is 6.69. The number of alkyl carbamates (subject to hydrolysis) is 1. The molecule has 3 N–H and O–H groups in total. The van der Waals surface area contributed by atoms with Crippen molar-refractivity contribution in [2.75, 3.05) is 20.2 Å². The number of carboxylic acid groups (broad SMARTS) is 1. The first-order valence-electron chi connectivity index (χ1n) is 13.6. The first kappa shape index (κ1) is 28.8. The molecule has 8 heteroatoms. The van der Waals surface area contributed by atoms with Crippen LogP contribution in [0, 0.1) is 0 Å². The molecule has 0 radical (unpaired) electrons. The summed E-state index contributed by atoms with van der Waals surface area (Å²) in [6.07, 6.45) is 0.0928. The summed E-state index contributed by atoms with van der Waals surface area (Å²) in [5, 5.41) is 15.1. The second-order valence-corrected chi connectivity index (χ2v) is 10.6. The highest BCUT2D eigenvalue weighted by Crippen LogP contribution is 2.44. The lowest BCUT2D eigenvalue weighted by Crippen LogP contribution is -2.60. The van der Waals surface area contributed by atoms with Gasteiger partial charge in [0.1, 0.15) is 18.2 Å². The minimum absolute atomic E-state index is 0.108. The van der Waals surface area contributed by atoms with Crippen LogP contribution >= 0.6 is 0 Å². The molecule has 3 aromatic carbocycles. The second kappa shape index (κ2) is 12.8. The molecule has 3 aromatic rings. The lowest BCUT2D eigenvalue weighted by molar-refractivity contribution is -0.147. The number of carbonyl (C=O) groups is 3. The molecule has 0 aliphatic heterocycles. The van der Waals surface area contributed by atoms with Crippen LogP contribution in [0.25, 0.3) is 11.1 Å². The van der Waals surface area contributed by atoms with Crippen LogP contribution in [-0.2, 0) is 20.9 Å². The van der Waals surface area contributed by atoms with Gasteiger partial charge in [-0.05, 0) is 48.2 Å². The van der Waals surface area contributed by atoms with E-state index in [1.807, 2.05) is 85.6 Å². The van der Waals surface area contributed by atoms with E-state index in [1.54, 1.807) is 0 Å². The van der Waals surface area contributed by atoms with Crippen LogP contribution in [0.1, 0.15) is 49.3 Å². The normalized spacial score (nSPS) is 14.5. The molecule has 0 aromatic heterocycles. The van der Waals surface area contributed by atoms with Gasteiger partial charge in [0.05, 0.1) is 0 Å². The zero-order valence-electron chi connectivity index (χ0n) is 23.2. The molecule has 0 heterocycles. The number of aliphatic carboxylic acids is 1. The molecule has 2 atom stereocenters. The zero-order chi connectivity index (χ0) is 28.7. The number of amides is 2. The molecule has 0 saturated heterocycles. The molecule has 2 amide bonds. The number of fused-ring (bicyclic) bond motifs is 3. The summed E-state index contributed by atoms with van der Waals surface area (Å²) in [4.78, 5) is 40.3. The fourth-order valence-electron chi connectivity index (χ4n) is 5.33. The van der Waals surface area contributed by atoms with Gasteiger partial charge in [0.2, 0.25) is 5.91 Å². The van der Waals surface area contributed by atoms with E-state index in [9.17, 15) is 19.5 Å². The predicted molar refractivity (Wildman–Crippen MR) is 154 cm³/mol. The van der Waals surface area contributed by atoms with Crippen molar-refractivity contribution in [3.8, 4) is 11.1 Å². The van der Waals surface area contributed by atoms with Gasteiger partial charge in [0.25, 0.3) is 0 Å². The van der Waals surface area contributed by atoms with Gasteiger partial charge in [-0.2, -0.15) is 0 Å². The summed E-state index contributed by atoms with van der Waals surface area (Å²) in [5.41, 5.74) is 4.01. The smallest absolute Gasteiger partial charge is 0.407 e. The highest BCUT2D eigenvalue weighted by molar-refractivity contribution is 5.91. The molecule has 0 saturated carbocycles. The van der Waals surface area contributed by atoms with E-state index in [2.05, 4.69) is 22.8 Å². The average Bonchev–Trinajstić information content (AvgIpc) is 3.25. The Morgan fingerprint density at radius 2 is 1.52 bits per heavy atom. The summed E-state index contributed by atoms with van der Waals surface area (Å²) >= 11 is 0. The van der Waals surface area contributed by atoms with Crippen molar-refractivity contribution in [2.45, 2.75) is 50.7 Å². The van der Waals surface area contributed by atoms with Gasteiger partial charge in [0.15, 0.2) is 0 Å². The quantitative estimate of drug-likeness (QED) is 0.303. The Balaban J connectivity index is 1.47. The average molecular weight is 544 g/mol. The first-order chi connectivity index (χ1) is 19.2. The number of nitrogens with one attached hydrogen (secondary N) is 2. The van der Waals surface area contributed by atoms with Crippen molar-refractivity contribution < 1.29 is 24.2 Å². The lowest BCUT2D eigenvalue weighted by Gasteiger charge is -2.30. The van der Waals surface area contributed by atoms with Crippen molar-refractivity contribution in [1.29, 1.82) is 0 Å². The number of carbonyl (C=O) groups excluding carboxylic acids is 2. The van der Waals surface area contributed by atoms with Crippen LogP contribution < -0.4 is 10.6 Å². The first-order valence-corrected chi connectivity index (χ1v) is 13.6. The monoisotopic (exact) mass is 543 g/mol. The molecule has 0 spiro atoms. The molecular weight excluding hydrogens is 506 g/mol. The van der Waals surface area contributed by atoms with E-state index >= 15 is 0 Å². The Kier molecular flexibility index (Phi) is 9.22. The number of hydrogen-bond donors (Lipinski definition) is 3. The van der Waals surface area contributed by atoms with Crippen LogP contribution in [0.3, 0.4) is 0 Å². The molecule has 1 aliphatic rings. The van der Waals surface area contributed by atoms with Crippen molar-refractivity contribution in [3.05, 3.63) is 95.6 Å². The van der Waals surface area contributed by atoms with Crippen LogP contribution in [0.2, 0.25) is 0 Å². The molecule has 40 heavy (non-hydrogen) atoms. The molecular formula is C32H37N3O5. The maximum absolute atomic E-state index is 13.4. The number of benzene rings is 3. The minimum atomic E-state index is -1.45. The number of hydrogen-bond acceptors (Lipinski definition) is 5. The van der Waals surface area contributed by atoms with Crippen molar-refractivity contribution in [2.24, 2.45) is 0 Å². The maximum Gasteiger partial charge on any atom is 0.407 e. The number of nitrogens with zero attached hydrogens (tertiary/aromatic N) is 1. The maximum atomic E-state index is 13.4. The third-order valence-electron chi connectivity index (χ3n) is 7.36. The van der Waals surface area contributed by atoms with Crippen molar-refractivity contribution in [3.63, 3.8) is 0 Å². The fraction of sp³-hybridized carbons (Fsp3) is 0.344. The summed E-state index contributed by atoms with van der Waals surface area (Å²) < 4.78 is 5.68. The second-order valence-electron chi connectivity index (χ2n) is 10.6. The van der Waals surface area contributed by atoms with Crippen LogP contribution in [-0.4, -0.2) is 59.8 Å². The Morgan fingerprint density at radius 1 is 0.950 bits per heavy atom. The summed E-state index contributed by atoms with van der Waals surface area (Å²) in [6, 6.07) is 24.9. The van der Waals surface area contributed by atoms with E-state index in [-0.39, 0.29) is 25.5 Å². The standard InChI is InChI=1S/C32H37N3O5/c1-4-18-32(2,30(37)38)34-29(36)28(20-35(3)19-22-12-6-5-7-13-22)33-31(39)40-21-27-25-16-10-8-14-23(25)24-15-9-11-17-26(24)27/h5-17,27-28H,4,18-21H2,1-3H3,(H,33,39)(H,34,36)(H,37,38). The highest BCUT2D eigenvalue weighted by Gasteiger charge is 2.37. The third-order valence-corrected chi connectivity index (χ3v) is 7.36. The minimum Gasteiger partial charge on any atom is -0.480 e. The number of likely N-dealkylation sites (N-methyl/N-ethyl adjacent to an activating group) is 1. The van der Waals surface area contributed by atoms with Crippen LogP contribution in [0.5, 0.6) is 0 Å². The number of rotatable bonds is 12. The van der Waals surface area contributed by atoms with Crippen molar-refractivity contribution >= 4 is 18.0 Å². The zero-order valence-corrected chi connectivity index (χ0v) is 23.2. The molecule has 0 fully saturated rings. The molecule has 0 bridgehead atoms. The lowest BCUT2D eigenvalue weighted by atomic mass is 9.95. The van der Waals surface area contributed by atoms with Gasteiger partial charge in [-0.1, -0.05) is 92.2 Å². The Morgan fingerprint density at radius 3 is 2.10 bits per heavy atom. The van der Waals surface area contributed by atoms with Gasteiger partial charge in [-0.15, -0.1) is 0 Å². The molecule has 8 nitrogen and oxygen atoms in total. The fourth-order valence-corrected chi connectivity index (χ4v) is 5.33. The summed E-state index contributed by atoms with van der Waals surface area (Å²) in [5.74, 6) is -1.82. The summed E-state index contributed by atoms with van der Waals surface area (Å²) in [6.45, 7) is 4.15. The van der Waals surface area contributed by atoms with Crippen molar-refractivity contribution in [1.82, 2.24) is 15.5 Å². The van der Waals surface area contributed by atoms with Gasteiger partial charge >= 0.3 is 12.1 Å². The Bertz CT molecular complexity index is 1300. The summed E-state index contributed by atoms with van der Waals surface area (Å²) in [7, 11) is 1.84. The number of ether oxygens (including phenoxy) is 1. The molecule has 2 unspecified atom stereocenters. The van der Waals surface area contributed by atoms with E-state index in [4.69, 9.17) is 4.74 Å². The van der Waals surface area contributed by atoms with Gasteiger partial charge < -0.3 is 20.5 Å². The van der Waals surface area contributed by atoms with E-state index in [1.165, 1.54) is 6.92 Å². The van der Waals surface area contributed by atoms with Crippen LogP contribution in [0.4, 0.5) is 4.79 Å². The number of carboxylic acids is 1. The molecule has 210 valence electrons.